The van der Waals surface area contributed by atoms with Crippen LogP contribution >= 0.6 is 0 Å². The van der Waals surface area contributed by atoms with Crippen molar-refractivity contribution in [2.45, 2.75) is 12.8 Å². The number of rotatable bonds is 2. The number of hydrogen-bond donors (Lipinski definition) is 2. The van der Waals surface area contributed by atoms with Gasteiger partial charge in [0, 0.05) is 18.6 Å². The van der Waals surface area contributed by atoms with Gasteiger partial charge in [-0.15, -0.1) is 0 Å². The van der Waals surface area contributed by atoms with E-state index in [2.05, 4.69) is 0 Å². The molecule has 0 bridgehead atoms. The van der Waals surface area contributed by atoms with Crippen molar-refractivity contribution in [3.63, 3.8) is 0 Å². The predicted octanol–water partition coefficient (Wildman–Crippen LogP) is -0.174. The van der Waals surface area contributed by atoms with Gasteiger partial charge in [0.25, 0.3) is 0 Å². The normalized spacial score (nSPS) is 45.1. The number of carboxylic acid groups (broad SMARTS) is 1. The summed E-state index contributed by atoms with van der Waals surface area (Å²) in [6, 6.07) is 0. The van der Waals surface area contributed by atoms with Crippen molar-refractivity contribution in [2.24, 2.45) is 16.6 Å². The Morgan fingerprint density at radius 3 is 2.75 bits per heavy atom. The zero-order chi connectivity index (χ0) is 8.82. The first-order valence-corrected chi connectivity index (χ1v) is 4.18. The van der Waals surface area contributed by atoms with E-state index in [4.69, 9.17) is 15.6 Å². The average Bonchev–Trinajstić information content (AvgIpc) is 2.40. The van der Waals surface area contributed by atoms with E-state index in [1.165, 1.54) is 0 Å². The van der Waals surface area contributed by atoms with Crippen LogP contribution in [-0.2, 0) is 9.53 Å². The van der Waals surface area contributed by atoms with Gasteiger partial charge in [-0.2, -0.15) is 0 Å². The Hall–Kier alpha value is -0.610. The van der Waals surface area contributed by atoms with Crippen LogP contribution in [0.3, 0.4) is 0 Å². The van der Waals surface area contributed by atoms with Crippen LogP contribution in [0.15, 0.2) is 0 Å². The lowest BCUT2D eigenvalue weighted by Gasteiger charge is -2.13. The second-order valence-corrected chi connectivity index (χ2v) is 3.85. The molecule has 1 saturated carbocycles. The lowest BCUT2D eigenvalue weighted by atomic mass is 9.92. The molecule has 1 heterocycles. The standard InChI is InChI=1S/C8H13NO3/c9-4-8(6(10)11)3-7(8)1-2-12-5-7/h1-5,9H2,(H,10,11). The van der Waals surface area contributed by atoms with Crippen molar-refractivity contribution >= 4 is 5.97 Å². The number of hydrogen-bond acceptors (Lipinski definition) is 3. The highest BCUT2D eigenvalue weighted by molar-refractivity contribution is 5.80. The van der Waals surface area contributed by atoms with Gasteiger partial charge in [-0.05, 0) is 12.8 Å². The molecule has 2 rings (SSSR count). The maximum absolute atomic E-state index is 10.9. The molecular formula is C8H13NO3. The average molecular weight is 171 g/mol. The van der Waals surface area contributed by atoms with Gasteiger partial charge in [0.05, 0.1) is 12.0 Å². The molecule has 2 unspecified atom stereocenters. The third-order valence-electron chi connectivity index (χ3n) is 3.39. The van der Waals surface area contributed by atoms with E-state index in [9.17, 15) is 4.79 Å². The molecule has 1 spiro atoms. The van der Waals surface area contributed by atoms with Crippen LogP contribution in [0.2, 0.25) is 0 Å². The van der Waals surface area contributed by atoms with Crippen molar-refractivity contribution in [3.8, 4) is 0 Å². The quantitative estimate of drug-likeness (QED) is 0.605. The Labute approximate surface area is 70.7 Å². The van der Waals surface area contributed by atoms with Crippen LogP contribution in [-0.4, -0.2) is 30.8 Å². The molecule has 0 aromatic carbocycles. The fraction of sp³-hybridized carbons (Fsp3) is 0.875. The van der Waals surface area contributed by atoms with Crippen LogP contribution in [0.1, 0.15) is 12.8 Å². The SMILES string of the molecule is NCC1(C(=O)O)CC12CCOC2. The minimum atomic E-state index is -0.754. The van der Waals surface area contributed by atoms with Crippen LogP contribution in [0, 0.1) is 10.8 Å². The molecule has 4 heteroatoms. The fourth-order valence-electron chi connectivity index (χ4n) is 2.34. The van der Waals surface area contributed by atoms with Gasteiger partial charge in [-0.1, -0.05) is 0 Å². The van der Waals surface area contributed by atoms with Crippen LogP contribution < -0.4 is 5.73 Å². The van der Waals surface area contributed by atoms with E-state index < -0.39 is 11.4 Å². The molecule has 1 aliphatic carbocycles. The molecule has 2 aliphatic rings. The van der Waals surface area contributed by atoms with Crippen molar-refractivity contribution in [2.75, 3.05) is 19.8 Å². The monoisotopic (exact) mass is 171 g/mol. The Balaban J connectivity index is 2.20. The first-order chi connectivity index (χ1) is 5.67. The summed E-state index contributed by atoms with van der Waals surface area (Å²) in [4.78, 5) is 10.9. The second-order valence-electron chi connectivity index (χ2n) is 3.85. The highest BCUT2D eigenvalue weighted by Crippen LogP contribution is 2.67. The minimum Gasteiger partial charge on any atom is -0.481 e. The van der Waals surface area contributed by atoms with E-state index in [0.717, 1.165) is 6.42 Å². The topological polar surface area (TPSA) is 72.6 Å². The zero-order valence-corrected chi connectivity index (χ0v) is 6.88. The summed E-state index contributed by atoms with van der Waals surface area (Å²) in [6.07, 6.45) is 1.56. The molecular weight excluding hydrogens is 158 g/mol. The Morgan fingerprint density at radius 2 is 2.42 bits per heavy atom. The van der Waals surface area contributed by atoms with Crippen LogP contribution in [0.4, 0.5) is 0 Å². The first-order valence-electron chi connectivity index (χ1n) is 4.18. The molecule has 0 amide bonds. The van der Waals surface area contributed by atoms with Crippen molar-refractivity contribution in [1.82, 2.24) is 0 Å². The smallest absolute Gasteiger partial charge is 0.311 e. The van der Waals surface area contributed by atoms with Gasteiger partial charge in [0.15, 0.2) is 0 Å². The van der Waals surface area contributed by atoms with Gasteiger partial charge >= 0.3 is 5.97 Å². The molecule has 4 nitrogen and oxygen atoms in total. The second kappa shape index (κ2) is 2.20. The minimum absolute atomic E-state index is 0.117. The van der Waals surface area contributed by atoms with Gasteiger partial charge in [0.2, 0.25) is 0 Å². The molecule has 12 heavy (non-hydrogen) atoms. The number of ether oxygens (including phenoxy) is 1. The zero-order valence-electron chi connectivity index (χ0n) is 6.88. The Kier molecular flexibility index (Phi) is 1.47. The van der Waals surface area contributed by atoms with Crippen LogP contribution in [0.5, 0.6) is 0 Å². The van der Waals surface area contributed by atoms with E-state index in [0.29, 0.717) is 19.6 Å². The van der Waals surface area contributed by atoms with E-state index in [-0.39, 0.29) is 12.0 Å². The third kappa shape index (κ3) is 0.716. The first kappa shape index (κ1) is 8.01. The molecule has 68 valence electrons. The molecule has 2 fully saturated rings. The summed E-state index contributed by atoms with van der Waals surface area (Å²) in [7, 11) is 0. The van der Waals surface area contributed by atoms with Crippen molar-refractivity contribution in [1.29, 1.82) is 0 Å². The van der Waals surface area contributed by atoms with E-state index >= 15 is 0 Å². The molecule has 0 radical (unpaired) electrons. The molecule has 0 aromatic rings. The Morgan fingerprint density at radius 1 is 1.67 bits per heavy atom. The fourth-order valence-corrected chi connectivity index (χ4v) is 2.34. The summed E-state index contributed by atoms with van der Waals surface area (Å²) < 4.78 is 5.21. The molecule has 3 N–H and O–H groups in total. The highest BCUT2D eigenvalue weighted by Gasteiger charge is 2.72. The summed E-state index contributed by atoms with van der Waals surface area (Å²) in [5, 5.41) is 8.99. The number of carbonyl (C=O) groups is 1. The van der Waals surface area contributed by atoms with Gasteiger partial charge < -0.3 is 15.6 Å². The summed E-state index contributed by atoms with van der Waals surface area (Å²) in [6.45, 7) is 1.51. The van der Waals surface area contributed by atoms with Gasteiger partial charge in [-0.3, -0.25) is 4.79 Å². The van der Waals surface area contributed by atoms with Crippen LogP contribution in [0.25, 0.3) is 0 Å². The lowest BCUT2D eigenvalue weighted by Crippen LogP contribution is -2.31. The molecule has 1 aliphatic heterocycles. The Bertz CT molecular complexity index is 222. The van der Waals surface area contributed by atoms with E-state index in [1.807, 2.05) is 0 Å². The number of carboxylic acids is 1. The van der Waals surface area contributed by atoms with E-state index in [1.54, 1.807) is 0 Å². The highest BCUT2D eigenvalue weighted by atomic mass is 16.5. The lowest BCUT2D eigenvalue weighted by molar-refractivity contribution is -0.144. The van der Waals surface area contributed by atoms with Gasteiger partial charge in [0.1, 0.15) is 0 Å². The van der Waals surface area contributed by atoms with Crippen molar-refractivity contribution < 1.29 is 14.6 Å². The summed E-state index contributed by atoms with van der Waals surface area (Å²) >= 11 is 0. The number of nitrogens with two attached hydrogens (primary N) is 1. The van der Waals surface area contributed by atoms with Gasteiger partial charge in [-0.25, -0.2) is 0 Å². The largest absolute Gasteiger partial charge is 0.481 e. The molecule has 1 saturated heterocycles. The predicted molar refractivity (Wildman–Crippen MR) is 41.6 cm³/mol. The maximum Gasteiger partial charge on any atom is 0.311 e. The number of aliphatic carboxylic acids is 1. The summed E-state index contributed by atoms with van der Waals surface area (Å²) in [5.74, 6) is -0.754. The van der Waals surface area contributed by atoms with Crippen molar-refractivity contribution in [3.05, 3.63) is 0 Å². The third-order valence-corrected chi connectivity index (χ3v) is 3.39. The summed E-state index contributed by atoms with van der Waals surface area (Å²) in [5.41, 5.74) is 4.71. The molecule has 2 atom stereocenters. The molecule has 0 aromatic heterocycles. The maximum atomic E-state index is 10.9.